The lowest BCUT2D eigenvalue weighted by Crippen LogP contribution is -2.04. The van der Waals surface area contributed by atoms with Gasteiger partial charge in [0.2, 0.25) is 0 Å². The number of halogens is 2. The minimum Gasteiger partial charge on any atom is -0.157 e. The van der Waals surface area contributed by atoms with Crippen molar-refractivity contribution in [3.05, 3.63) is 34.9 Å². The molecule has 1 unspecified atom stereocenters. The fourth-order valence-electron chi connectivity index (χ4n) is 1.54. The monoisotopic (exact) mass is 320 g/mol. The molecular weight excluding hydrogens is 304 g/mol. The first-order valence-corrected chi connectivity index (χ1v) is 8.29. The maximum atomic E-state index is 5.85. The van der Waals surface area contributed by atoms with Crippen molar-refractivity contribution in [2.24, 2.45) is 5.92 Å². The van der Waals surface area contributed by atoms with Crippen LogP contribution in [0.3, 0.4) is 0 Å². The Kier molecular flexibility index (Phi) is 7.59. The zero-order valence-corrected chi connectivity index (χ0v) is 12.7. The second-order valence-electron chi connectivity index (χ2n) is 3.95. The molecule has 1 atom stereocenters. The van der Waals surface area contributed by atoms with E-state index < -0.39 is 0 Å². The molecule has 16 heavy (non-hydrogen) atoms. The number of thioether (sulfide) groups is 1. The first-order valence-electron chi connectivity index (χ1n) is 5.64. The minimum atomic E-state index is 0.808. The summed E-state index contributed by atoms with van der Waals surface area (Å²) in [7, 11) is 0. The SMILES string of the molecule is CCCC(CBr)CSCc1ccc(Cl)cc1. The van der Waals surface area contributed by atoms with E-state index in [0.29, 0.717) is 0 Å². The Morgan fingerprint density at radius 1 is 1.31 bits per heavy atom. The summed E-state index contributed by atoms with van der Waals surface area (Å²) in [5.41, 5.74) is 1.36. The van der Waals surface area contributed by atoms with E-state index in [1.165, 1.54) is 24.2 Å². The average Bonchev–Trinajstić information content (AvgIpc) is 2.30. The maximum absolute atomic E-state index is 5.85. The summed E-state index contributed by atoms with van der Waals surface area (Å²) in [5.74, 6) is 3.13. The van der Waals surface area contributed by atoms with E-state index >= 15 is 0 Å². The maximum Gasteiger partial charge on any atom is 0.0406 e. The second-order valence-corrected chi connectivity index (χ2v) is 6.06. The van der Waals surface area contributed by atoms with Crippen LogP contribution in [-0.2, 0) is 5.75 Å². The van der Waals surface area contributed by atoms with Crippen LogP contribution in [0.15, 0.2) is 24.3 Å². The molecule has 0 aliphatic rings. The van der Waals surface area contributed by atoms with E-state index in [1.807, 2.05) is 23.9 Å². The Morgan fingerprint density at radius 3 is 2.56 bits per heavy atom. The molecule has 1 rings (SSSR count). The van der Waals surface area contributed by atoms with Crippen LogP contribution < -0.4 is 0 Å². The van der Waals surface area contributed by atoms with Gasteiger partial charge in [0.05, 0.1) is 0 Å². The van der Waals surface area contributed by atoms with Crippen LogP contribution in [0, 0.1) is 5.92 Å². The standard InChI is InChI=1S/C13H18BrClS/c1-2-3-12(8-14)10-16-9-11-4-6-13(15)7-5-11/h4-7,12H,2-3,8-10H2,1H3. The lowest BCUT2D eigenvalue weighted by molar-refractivity contribution is 0.597. The molecule has 0 amide bonds. The normalized spacial score (nSPS) is 12.7. The fourth-order valence-corrected chi connectivity index (χ4v) is 3.68. The molecule has 0 aliphatic heterocycles. The Hall–Kier alpha value is 0.340. The van der Waals surface area contributed by atoms with Gasteiger partial charge in [0.1, 0.15) is 0 Å². The van der Waals surface area contributed by atoms with Crippen molar-refractivity contribution in [2.75, 3.05) is 11.1 Å². The molecule has 0 nitrogen and oxygen atoms in total. The summed E-state index contributed by atoms with van der Waals surface area (Å²) in [4.78, 5) is 0. The molecule has 0 bridgehead atoms. The third-order valence-electron chi connectivity index (χ3n) is 2.45. The summed E-state index contributed by atoms with van der Waals surface area (Å²) in [5, 5.41) is 1.94. The van der Waals surface area contributed by atoms with Gasteiger partial charge in [0, 0.05) is 16.1 Å². The molecule has 1 aromatic carbocycles. The number of hydrogen-bond acceptors (Lipinski definition) is 1. The molecule has 0 aliphatic carbocycles. The van der Waals surface area contributed by atoms with Crippen LogP contribution in [0.4, 0.5) is 0 Å². The number of hydrogen-bond donors (Lipinski definition) is 0. The van der Waals surface area contributed by atoms with Gasteiger partial charge in [-0.1, -0.05) is 53.0 Å². The highest BCUT2D eigenvalue weighted by molar-refractivity contribution is 9.09. The summed E-state index contributed by atoms with van der Waals surface area (Å²) < 4.78 is 0. The van der Waals surface area contributed by atoms with E-state index in [9.17, 15) is 0 Å². The van der Waals surface area contributed by atoms with Gasteiger partial charge >= 0.3 is 0 Å². The quantitative estimate of drug-likeness (QED) is 0.607. The molecule has 3 heteroatoms. The van der Waals surface area contributed by atoms with Crippen molar-refractivity contribution >= 4 is 39.3 Å². The van der Waals surface area contributed by atoms with Gasteiger partial charge in [0.15, 0.2) is 0 Å². The second kappa shape index (κ2) is 8.43. The Balaban J connectivity index is 2.26. The van der Waals surface area contributed by atoms with E-state index in [1.54, 1.807) is 0 Å². The van der Waals surface area contributed by atoms with Gasteiger partial charge in [-0.3, -0.25) is 0 Å². The third-order valence-corrected chi connectivity index (χ3v) is 4.86. The smallest absolute Gasteiger partial charge is 0.0406 e. The van der Waals surface area contributed by atoms with Crippen LogP contribution in [-0.4, -0.2) is 11.1 Å². The Labute approximate surface area is 116 Å². The van der Waals surface area contributed by atoms with Gasteiger partial charge in [-0.25, -0.2) is 0 Å². The van der Waals surface area contributed by atoms with Crippen LogP contribution in [0.1, 0.15) is 25.3 Å². The molecule has 90 valence electrons. The van der Waals surface area contributed by atoms with E-state index in [4.69, 9.17) is 11.6 Å². The van der Waals surface area contributed by atoms with Crippen LogP contribution >= 0.6 is 39.3 Å². The molecule has 0 saturated heterocycles. The van der Waals surface area contributed by atoms with Crippen molar-refractivity contribution in [3.63, 3.8) is 0 Å². The van der Waals surface area contributed by atoms with E-state index in [2.05, 4.69) is 35.0 Å². The van der Waals surface area contributed by atoms with Crippen LogP contribution in [0.25, 0.3) is 0 Å². The number of benzene rings is 1. The predicted octanol–water partition coefficient (Wildman–Crippen LogP) is 5.38. The third kappa shape index (κ3) is 5.60. The lowest BCUT2D eigenvalue weighted by Gasteiger charge is -2.12. The highest BCUT2D eigenvalue weighted by Crippen LogP contribution is 2.21. The molecule has 0 radical (unpaired) electrons. The van der Waals surface area contributed by atoms with Crippen molar-refractivity contribution in [2.45, 2.75) is 25.5 Å². The predicted molar refractivity (Wildman–Crippen MR) is 79.8 cm³/mol. The van der Waals surface area contributed by atoms with Gasteiger partial charge < -0.3 is 0 Å². The van der Waals surface area contributed by atoms with Crippen LogP contribution in [0.2, 0.25) is 5.02 Å². The largest absolute Gasteiger partial charge is 0.157 e. The van der Waals surface area contributed by atoms with Crippen molar-refractivity contribution in [3.8, 4) is 0 Å². The summed E-state index contributed by atoms with van der Waals surface area (Å²) in [6, 6.07) is 8.15. The highest BCUT2D eigenvalue weighted by Gasteiger charge is 2.05. The molecule has 0 fully saturated rings. The van der Waals surface area contributed by atoms with Gasteiger partial charge in [-0.05, 0) is 35.8 Å². The number of rotatable bonds is 7. The fraction of sp³-hybridized carbons (Fsp3) is 0.538. The van der Waals surface area contributed by atoms with Crippen molar-refractivity contribution in [1.29, 1.82) is 0 Å². The Morgan fingerprint density at radius 2 is 2.00 bits per heavy atom. The first-order chi connectivity index (χ1) is 7.76. The van der Waals surface area contributed by atoms with Gasteiger partial charge in [0.25, 0.3) is 0 Å². The summed E-state index contributed by atoms with van der Waals surface area (Å²) in [6.45, 7) is 2.25. The molecular formula is C13H18BrClS. The van der Waals surface area contributed by atoms with Gasteiger partial charge in [-0.15, -0.1) is 0 Å². The van der Waals surface area contributed by atoms with Crippen molar-refractivity contribution in [1.82, 2.24) is 0 Å². The molecule has 0 aromatic heterocycles. The van der Waals surface area contributed by atoms with Gasteiger partial charge in [-0.2, -0.15) is 11.8 Å². The molecule has 0 N–H and O–H groups in total. The zero-order valence-electron chi connectivity index (χ0n) is 9.59. The Bertz CT molecular complexity index is 286. The van der Waals surface area contributed by atoms with Crippen LogP contribution in [0.5, 0.6) is 0 Å². The van der Waals surface area contributed by atoms with Crippen molar-refractivity contribution < 1.29 is 0 Å². The van der Waals surface area contributed by atoms with E-state index in [0.717, 1.165) is 22.0 Å². The highest BCUT2D eigenvalue weighted by atomic mass is 79.9. The summed E-state index contributed by atoms with van der Waals surface area (Å²) in [6.07, 6.45) is 2.59. The first kappa shape index (κ1) is 14.4. The summed E-state index contributed by atoms with van der Waals surface area (Å²) >= 11 is 11.4. The minimum absolute atomic E-state index is 0.808. The molecule has 0 heterocycles. The lowest BCUT2D eigenvalue weighted by atomic mass is 10.1. The number of alkyl halides is 1. The topological polar surface area (TPSA) is 0 Å². The molecule has 0 saturated carbocycles. The average molecular weight is 322 g/mol. The molecule has 0 spiro atoms. The van der Waals surface area contributed by atoms with E-state index in [-0.39, 0.29) is 0 Å². The molecule has 1 aromatic rings. The zero-order chi connectivity index (χ0) is 11.8.